The Balaban J connectivity index is 1.62. The standard InChI is InChI=1S/C23H29N3O3/c1-17(27)24-22(18-6-12-21(29-2)13-7-18)16-23(28)25-19-8-10-20(11-9-19)26-14-4-3-5-15-26/h6-13,22H,3-5,14-16H2,1-2H3,(H,24,27)(H,25,28). The molecule has 6 nitrogen and oxygen atoms in total. The maximum Gasteiger partial charge on any atom is 0.226 e. The minimum absolute atomic E-state index is 0.148. The number of hydrogen-bond donors (Lipinski definition) is 2. The topological polar surface area (TPSA) is 70.7 Å². The summed E-state index contributed by atoms with van der Waals surface area (Å²) in [6.45, 7) is 3.63. The minimum Gasteiger partial charge on any atom is -0.497 e. The van der Waals surface area contributed by atoms with E-state index in [0.717, 1.165) is 30.1 Å². The van der Waals surface area contributed by atoms with E-state index >= 15 is 0 Å². The van der Waals surface area contributed by atoms with Crippen LogP contribution in [-0.2, 0) is 9.59 Å². The second-order valence-electron chi connectivity index (χ2n) is 7.37. The maximum atomic E-state index is 12.6. The molecule has 2 amide bonds. The molecule has 2 N–H and O–H groups in total. The number of hydrogen-bond acceptors (Lipinski definition) is 4. The molecule has 1 aliphatic rings. The summed E-state index contributed by atoms with van der Waals surface area (Å²) in [5.41, 5.74) is 2.81. The van der Waals surface area contributed by atoms with Crippen LogP contribution < -0.4 is 20.3 Å². The van der Waals surface area contributed by atoms with Crippen LogP contribution in [-0.4, -0.2) is 32.0 Å². The van der Waals surface area contributed by atoms with Gasteiger partial charge in [-0.05, 0) is 61.2 Å². The number of rotatable bonds is 7. The van der Waals surface area contributed by atoms with Crippen LogP contribution in [0.1, 0.15) is 44.2 Å². The zero-order valence-electron chi connectivity index (χ0n) is 17.1. The first-order valence-electron chi connectivity index (χ1n) is 10.1. The molecule has 2 aromatic carbocycles. The van der Waals surface area contributed by atoms with Crippen molar-refractivity contribution in [2.24, 2.45) is 0 Å². The Hall–Kier alpha value is -3.02. The lowest BCUT2D eigenvalue weighted by atomic mass is 10.0. The third kappa shape index (κ3) is 5.98. The number of ether oxygens (including phenoxy) is 1. The maximum absolute atomic E-state index is 12.6. The third-order valence-corrected chi connectivity index (χ3v) is 5.16. The van der Waals surface area contributed by atoms with Crippen molar-refractivity contribution in [3.05, 3.63) is 54.1 Å². The number of methoxy groups -OCH3 is 1. The molecule has 154 valence electrons. The SMILES string of the molecule is COc1ccc(C(CC(=O)Nc2ccc(N3CCCCC3)cc2)NC(C)=O)cc1. The molecule has 1 atom stereocenters. The van der Waals surface area contributed by atoms with Gasteiger partial charge in [0.2, 0.25) is 11.8 Å². The molecule has 6 heteroatoms. The Morgan fingerprint density at radius 3 is 2.24 bits per heavy atom. The van der Waals surface area contributed by atoms with E-state index < -0.39 is 6.04 Å². The minimum atomic E-state index is -0.397. The van der Waals surface area contributed by atoms with E-state index in [-0.39, 0.29) is 18.2 Å². The highest BCUT2D eigenvalue weighted by molar-refractivity contribution is 5.91. The van der Waals surface area contributed by atoms with Gasteiger partial charge in [0, 0.05) is 31.4 Å². The van der Waals surface area contributed by atoms with E-state index in [1.165, 1.54) is 31.9 Å². The predicted octanol–water partition coefficient (Wildman–Crippen LogP) is 3.89. The van der Waals surface area contributed by atoms with Crippen LogP contribution >= 0.6 is 0 Å². The van der Waals surface area contributed by atoms with Gasteiger partial charge < -0.3 is 20.3 Å². The monoisotopic (exact) mass is 395 g/mol. The lowest BCUT2D eigenvalue weighted by Gasteiger charge is -2.28. The number of benzene rings is 2. The summed E-state index contributed by atoms with van der Waals surface area (Å²) < 4.78 is 5.17. The number of amides is 2. The van der Waals surface area contributed by atoms with Crippen molar-refractivity contribution in [2.45, 2.75) is 38.6 Å². The lowest BCUT2D eigenvalue weighted by molar-refractivity contribution is -0.120. The molecule has 29 heavy (non-hydrogen) atoms. The zero-order chi connectivity index (χ0) is 20.6. The molecule has 0 bridgehead atoms. The van der Waals surface area contributed by atoms with Crippen molar-refractivity contribution in [1.82, 2.24) is 5.32 Å². The Morgan fingerprint density at radius 2 is 1.66 bits per heavy atom. The molecule has 2 aromatic rings. The summed E-state index contributed by atoms with van der Waals surface area (Å²) in [4.78, 5) is 26.6. The summed E-state index contributed by atoms with van der Waals surface area (Å²) in [5.74, 6) is 0.406. The number of nitrogens with one attached hydrogen (secondary N) is 2. The summed E-state index contributed by atoms with van der Waals surface area (Å²) in [6, 6.07) is 14.9. The molecule has 0 spiro atoms. The molecule has 0 aliphatic carbocycles. The average Bonchev–Trinajstić information content (AvgIpc) is 2.74. The van der Waals surface area contributed by atoms with Gasteiger partial charge in [-0.25, -0.2) is 0 Å². The van der Waals surface area contributed by atoms with Gasteiger partial charge in [0.15, 0.2) is 0 Å². The molecule has 1 aliphatic heterocycles. The van der Waals surface area contributed by atoms with Gasteiger partial charge in [-0.3, -0.25) is 9.59 Å². The lowest BCUT2D eigenvalue weighted by Crippen LogP contribution is -2.30. The highest BCUT2D eigenvalue weighted by Crippen LogP contribution is 2.24. The Labute approximate surface area is 172 Å². The van der Waals surface area contributed by atoms with Crippen LogP contribution in [0.2, 0.25) is 0 Å². The van der Waals surface area contributed by atoms with E-state index in [4.69, 9.17) is 4.74 Å². The Kier molecular flexibility index (Phi) is 7.11. The van der Waals surface area contributed by atoms with E-state index in [1.807, 2.05) is 36.4 Å². The molecule has 1 heterocycles. The molecule has 0 aromatic heterocycles. The van der Waals surface area contributed by atoms with E-state index in [2.05, 4.69) is 27.7 Å². The fraction of sp³-hybridized carbons (Fsp3) is 0.391. The van der Waals surface area contributed by atoms with Crippen molar-refractivity contribution >= 4 is 23.2 Å². The number of carbonyl (C=O) groups excluding carboxylic acids is 2. The molecular formula is C23H29N3O3. The number of anilines is 2. The van der Waals surface area contributed by atoms with Crippen LogP contribution in [0.4, 0.5) is 11.4 Å². The summed E-state index contributed by atoms with van der Waals surface area (Å²) in [6.07, 6.45) is 3.91. The second-order valence-corrected chi connectivity index (χ2v) is 7.37. The average molecular weight is 396 g/mol. The van der Waals surface area contributed by atoms with Crippen LogP contribution in [0.15, 0.2) is 48.5 Å². The fourth-order valence-corrected chi connectivity index (χ4v) is 3.64. The smallest absolute Gasteiger partial charge is 0.226 e. The van der Waals surface area contributed by atoms with Gasteiger partial charge in [0.25, 0.3) is 0 Å². The van der Waals surface area contributed by atoms with Gasteiger partial charge >= 0.3 is 0 Å². The van der Waals surface area contributed by atoms with E-state index in [9.17, 15) is 9.59 Å². The summed E-state index contributed by atoms with van der Waals surface area (Å²) >= 11 is 0. The first-order chi connectivity index (χ1) is 14.0. The summed E-state index contributed by atoms with van der Waals surface area (Å²) in [7, 11) is 1.60. The molecular weight excluding hydrogens is 366 g/mol. The van der Waals surface area contributed by atoms with Crippen LogP contribution in [0, 0.1) is 0 Å². The van der Waals surface area contributed by atoms with E-state index in [0.29, 0.717) is 0 Å². The van der Waals surface area contributed by atoms with Gasteiger partial charge in [0.05, 0.1) is 19.6 Å². The van der Waals surface area contributed by atoms with Gasteiger partial charge in [-0.15, -0.1) is 0 Å². The molecule has 1 unspecified atom stereocenters. The molecule has 1 saturated heterocycles. The zero-order valence-corrected chi connectivity index (χ0v) is 17.1. The quantitative estimate of drug-likeness (QED) is 0.746. The van der Waals surface area contributed by atoms with Gasteiger partial charge in [0.1, 0.15) is 5.75 Å². The van der Waals surface area contributed by atoms with Crippen molar-refractivity contribution in [2.75, 3.05) is 30.4 Å². The normalized spacial score (nSPS) is 14.8. The Bertz CT molecular complexity index is 812. The van der Waals surface area contributed by atoms with Gasteiger partial charge in [-0.2, -0.15) is 0 Å². The van der Waals surface area contributed by atoms with Crippen molar-refractivity contribution < 1.29 is 14.3 Å². The molecule has 3 rings (SSSR count). The van der Waals surface area contributed by atoms with Crippen LogP contribution in [0.25, 0.3) is 0 Å². The predicted molar refractivity (Wildman–Crippen MR) is 115 cm³/mol. The molecule has 0 saturated carbocycles. The van der Waals surface area contributed by atoms with Crippen LogP contribution in [0.5, 0.6) is 5.75 Å². The first kappa shape index (κ1) is 20.7. The number of nitrogens with zero attached hydrogens (tertiary/aromatic N) is 1. The fourth-order valence-electron chi connectivity index (χ4n) is 3.64. The highest BCUT2D eigenvalue weighted by Gasteiger charge is 2.18. The molecule has 1 fully saturated rings. The van der Waals surface area contributed by atoms with Crippen LogP contribution in [0.3, 0.4) is 0 Å². The number of carbonyl (C=O) groups is 2. The molecule has 0 radical (unpaired) electrons. The van der Waals surface area contributed by atoms with Crippen molar-refractivity contribution in [3.63, 3.8) is 0 Å². The summed E-state index contributed by atoms with van der Waals surface area (Å²) in [5, 5.41) is 5.79. The van der Waals surface area contributed by atoms with Crippen molar-refractivity contribution in [3.8, 4) is 5.75 Å². The highest BCUT2D eigenvalue weighted by atomic mass is 16.5. The van der Waals surface area contributed by atoms with Crippen molar-refractivity contribution in [1.29, 1.82) is 0 Å². The second kappa shape index (κ2) is 9.96. The Morgan fingerprint density at radius 1 is 1.00 bits per heavy atom. The van der Waals surface area contributed by atoms with E-state index in [1.54, 1.807) is 7.11 Å². The largest absolute Gasteiger partial charge is 0.497 e. The third-order valence-electron chi connectivity index (χ3n) is 5.16. The first-order valence-corrected chi connectivity index (χ1v) is 10.1. The van der Waals surface area contributed by atoms with Gasteiger partial charge in [-0.1, -0.05) is 12.1 Å². The number of piperidine rings is 1.